The van der Waals surface area contributed by atoms with Crippen molar-refractivity contribution >= 4 is 23.2 Å². The Hall–Kier alpha value is -2.07. The lowest BCUT2D eigenvalue weighted by Crippen LogP contribution is -2.06. The summed E-state index contributed by atoms with van der Waals surface area (Å²) in [6.07, 6.45) is 0. The zero-order valence-electron chi connectivity index (χ0n) is 9.68. The van der Waals surface area contributed by atoms with Gasteiger partial charge in [0.05, 0.1) is 5.69 Å². The van der Waals surface area contributed by atoms with E-state index in [-0.39, 0.29) is 5.91 Å². The Kier molecular flexibility index (Phi) is 3.79. The minimum atomic E-state index is -0.162. The van der Waals surface area contributed by atoms with Crippen LogP contribution in [0.2, 0.25) is 5.15 Å². The number of anilines is 1. The monoisotopic (exact) mass is 262 g/mol. The number of hydrogen-bond donors (Lipinski definition) is 1. The fourth-order valence-electron chi connectivity index (χ4n) is 1.41. The maximum absolute atomic E-state index is 11.1. The quantitative estimate of drug-likeness (QED) is 0.862. The van der Waals surface area contributed by atoms with Gasteiger partial charge in [-0.2, -0.15) is 0 Å². The molecule has 0 unspecified atom stereocenters. The second-order valence-corrected chi connectivity index (χ2v) is 3.97. The fraction of sp³-hybridized carbons (Fsp3) is 0.0769. The van der Waals surface area contributed by atoms with Crippen molar-refractivity contribution in [1.29, 1.82) is 0 Å². The van der Waals surface area contributed by atoms with Gasteiger partial charge in [0.15, 0.2) is 5.75 Å². The van der Waals surface area contributed by atoms with E-state index >= 15 is 0 Å². The van der Waals surface area contributed by atoms with Crippen LogP contribution in [-0.2, 0) is 4.79 Å². The summed E-state index contributed by atoms with van der Waals surface area (Å²) in [5.41, 5.74) is 0.590. The zero-order chi connectivity index (χ0) is 13.0. The van der Waals surface area contributed by atoms with Gasteiger partial charge in [0.1, 0.15) is 5.15 Å². The molecule has 1 aromatic carbocycles. The van der Waals surface area contributed by atoms with Gasteiger partial charge in [0, 0.05) is 13.0 Å². The lowest BCUT2D eigenvalue weighted by atomic mass is 10.3. The highest BCUT2D eigenvalue weighted by Crippen LogP contribution is 2.28. The number of carbonyl (C=O) groups is 1. The number of para-hydroxylation sites is 2. The van der Waals surface area contributed by atoms with Crippen molar-refractivity contribution in [2.45, 2.75) is 6.92 Å². The van der Waals surface area contributed by atoms with Crippen molar-refractivity contribution < 1.29 is 9.53 Å². The lowest BCUT2D eigenvalue weighted by molar-refractivity contribution is -0.114. The Morgan fingerprint density at radius 3 is 2.72 bits per heavy atom. The third-order valence-electron chi connectivity index (χ3n) is 2.10. The molecule has 5 heteroatoms. The van der Waals surface area contributed by atoms with E-state index in [1.165, 1.54) is 6.92 Å². The van der Waals surface area contributed by atoms with E-state index in [4.69, 9.17) is 16.3 Å². The highest BCUT2D eigenvalue weighted by atomic mass is 35.5. The number of hydrogen-bond acceptors (Lipinski definition) is 3. The van der Waals surface area contributed by atoms with Gasteiger partial charge in [-0.05, 0) is 18.2 Å². The predicted molar refractivity (Wildman–Crippen MR) is 70.1 cm³/mol. The summed E-state index contributed by atoms with van der Waals surface area (Å²) in [7, 11) is 0. The van der Waals surface area contributed by atoms with Crippen molar-refractivity contribution in [3.05, 3.63) is 47.6 Å². The van der Waals surface area contributed by atoms with Crippen LogP contribution in [0.15, 0.2) is 42.5 Å². The summed E-state index contributed by atoms with van der Waals surface area (Å²) in [5, 5.41) is 3.03. The highest BCUT2D eigenvalue weighted by molar-refractivity contribution is 6.29. The molecule has 4 nitrogen and oxygen atoms in total. The molecule has 1 amide bonds. The third kappa shape index (κ3) is 3.21. The van der Waals surface area contributed by atoms with Crippen LogP contribution in [0.5, 0.6) is 11.6 Å². The predicted octanol–water partition coefficient (Wildman–Crippen LogP) is 3.49. The Morgan fingerprint density at radius 2 is 2.00 bits per heavy atom. The lowest BCUT2D eigenvalue weighted by Gasteiger charge is -2.10. The number of halogens is 1. The van der Waals surface area contributed by atoms with Crippen LogP contribution in [-0.4, -0.2) is 10.9 Å². The summed E-state index contributed by atoms with van der Waals surface area (Å²) in [5.74, 6) is 0.730. The molecule has 0 aliphatic heterocycles. The van der Waals surface area contributed by atoms with Gasteiger partial charge in [0.2, 0.25) is 11.8 Å². The van der Waals surface area contributed by atoms with Gasteiger partial charge in [-0.25, -0.2) is 4.98 Å². The van der Waals surface area contributed by atoms with E-state index < -0.39 is 0 Å². The van der Waals surface area contributed by atoms with Gasteiger partial charge in [-0.15, -0.1) is 0 Å². The number of ether oxygens (including phenoxy) is 1. The van der Waals surface area contributed by atoms with E-state index in [0.717, 1.165) is 0 Å². The number of rotatable bonds is 3. The smallest absolute Gasteiger partial charge is 0.221 e. The minimum Gasteiger partial charge on any atom is -0.437 e. The molecule has 0 saturated heterocycles. The average molecular weight is 263 g/mol. The van der Waals surface area contributed by atoms with Gasteiger partial charge >= 0.3 is 0 Å². The summed E-state index contributed by atoms with van der Waals surface area (Å²) < 4.78 is 5.58. The first kappa shape index (κ1) is 12.4. The molecule has 0 atom stereocenters. The molecule has 1 aromatic heterocycles. The number of amides is 1. The van der Waals surface area contributed by atoms with Gasteiger partial charge in [0.25, 0.3) is 0 Å². The second kappa shape index (κ2) is 5.51. The Balaban J connectivity index is 2.26. The summed E-state index contributed by atoms with van der Waals surface area (Å²) in [4.78, 5) is 15.1. The zero-order valence-corrected chi connectivity index (χ0v) is 10.4. The fourth-order valence-corrected chi connectivity index (χ4v) is 1.56. The molecular weight excluding hydrogens is 252 g/mol. The van der Waals surface area contributed by atoms with Crippen LogP contribution in [0.3, 0.4) is 0 Å². The van der Waals surface area contributed by atoms with Crippen LogP contribution in [0, 0.1) is 0 Å². The number of benzene rings is 1. The number of nitrogens with one attached hydrogen (secondary N) is 1. The second-order valence-electron chi connectivity index (χ2n) is 3.58. The largest absolute Gasteiger partial charge is 0.437 e. The van der Waals surface area contributed by atoms with E-state index in [1.54, 1.807) is 30.3 Å². The third-order valence-corrected chi connectivity index (χ3v) is 2.31. The molecule has 18 heavy (non-hydrogen) atoms. The van der Waals surface area contributed by atoms with Crippen LogP contribution in [0.25, 0.3) is 0 Å². The number of carbonyl (C=O) groups excluding carboxylic acids is 1. The standard InChI is InChI=1S/C13H11ClN2O2/c1-9(17)15-10-5-2-3-6-11(10)18-13-8-4-7-12(14)16-13/h2-8H,1H3,(H,15,17). The first-order chi connectivity index (χ1) is 8.65. The van der Waals surface area contributed by atoms with Crippen LogP contribution in [0.4, 0.5) is 5.69 Å². The van der Waals surface area contributed by atoms with E-state index in [2.05, 4.69) is 10.3 Å². The van der Waals surface area contributed by atoms with E-state index in [9.17, 15) is 4.79 Å². The molecular formula is C13H11ClN2O2. The van der Waals surface area contributed by atoms with Crippen molar-refractivity contribution in [2.75, 3.05) is 5.32 Å². The molecule has 1 heterocycles. The molecule has 2 aromatic rings. The van der Waals surface area contributed by atoms with E-state index in [0.29, 0.717) is 22.5 Å². The molecule has 1 N–H and O–H groups in total. The first-order valence-electron chi connectivity index (χ1n) is 5.32. The van der Waals surface area contributed by atoms with Gasteiger partial charge in [-0.1, -0.05) is 29.8 Å². The summed E-state index contributed by atoms with van der Waals surface area (Å²) in [6, 6.07) is 12.2. The Labute approximate surface area is 110 Å². The molecule has 0 aliphatic rings. The van der Waals surface area contributed by atoms with Crippen LogP contribution in [0.1, 0.15) is 6.92 Å². The normalized spacial score (nSPS) is 9.89. The minimum absolute atomic E-state index is 0.162. The molecule has 2 rings (SSSR count). The molecule has 0 bridgehead atoms. The highest BCUT2D eigenvalue weighted by Gasteiger charge is 2.06. The van der Waals surface area contributed by atoms with Crippen molar-refractivity contribution in [2.24, 2.45) is 0 Å². The molecule has 0 radical (unpaired) electrons. The Morgan fingerprint density at radius 1 is 1.22 bits per heavy atom. The SMILES string of the molecule is CC(=O)Nc1ccccc1Oc1cccc(Cl)n1. The van der Waals surface area contributed by atoms with Gasteiger partial charge < -0.3 is 10.1 Å². The maximum atomic E-state index is 11.1. The summed E-state index contributed by atoms with van der Waals surface area (Å²) >= 11 is 5.77. The summed E-state index contributed by atoms with van der Waals surface area (Å²) in [6.45, 7) is 1.44. The van der Waals surface area contributed by atoms with Crippen LogP contribution < -0.4 is 10.1 Å². The van der Waals surface area contributed by atoms with Crippen molar-refractivity contribution in [1.82, 2.24) is 4.98 Å². The number of aromatic nitrogens is 1. The number of nitrogens with zero attached hydrogens (tertiary/aromatic N) is 1. The number of pyridine rings is 1. The average Bonchev–Trinajstić information content (AvgIpc) is 2.31. The molecule has 0 saturated carbocycles. The molecule has 92 valence electrons. The Bertz CT molecular complexity index is 572. The van der Waals surface area contributed by atoms with Crippen molar-refractivity contribution in [3.63, 3.8) is 0 Å². The first-order valence-corrected chi connectivity index (χ1v) is 5.70. The molecule has 0 spiro atoms. The van der Waals surface area contributed by atoms with Crippen LogP contribution >= 0.6 is 11.6 Å². The maximum Gasteiger partial charge on any atom is 0.221 e. The molecule has 0 fully saturated rings. The van der Waals surface area contributed by atoms with E-state index in [1.807, 2.05) is 12.1 Å². The van der Waals surface area contributed by atoms with Gasteiger partial charge in [-0.3, -0.25) is 4.79 Å². The topological polar surface area (TPSA) is 51.2 Å². The molecule has 0 aliphatic carbocycles. The van der Waals surface area contributed by atoms with Crippen molar-refractivity contribution in [3.8, 4) is 11.6 Å².